The zero-order chi connectivity index (χ0) is 12.1. The third kappa shape index (κ3) is 3.05. The summed E-state index contributed by atoms with van der Waals surface area (Å²) in [7, 11) is 3.79. The summed E-state index contributed by atoms with van der Waals surface area (Å²) in [4.78, 5) is 2.20. The van der Waals surface area contributed by atoms with Crippen LogP contribution in [0.1, 0.15) is 17.5 Å². The quantitative estimate of drug-likeness (QED) is 0.733. The van der Waals surface area contributed by atoms with Crippen LogP contribution in [0.3, 0.4) is 0 Å². The Morgan fingerprint density at radius 3 is 2.56 bits per heavy atom. The third-order valence-electron chi connectivity index (χ3n) is 2.64. The summed E-state index contributed by atoms with van der Waals surface area (Å²) in [5, 5.41) is 0. The summed E-state index contributed by atoms with van der Waals surface area (Å²) in [5.74, 6) is 1.65. The summed E-state index contributed by atoms with van der Waals surface area (Å²) in [5.41, 5.74) is 3.58. The average Bonchev–Trinajstić information content (AvgIpc) is 2.24. The molecule has 0 aromatic heterocycles. The van der Waals surface area contributed by atoms with Crippen molar-refractivity contribution in [1.82, 2.24) is 0 Å². The number of hydrogen-bond acceptors (Lipinski definition) is 2. The smallest absolute Gasteiger partial charge is 0.145 e. The molecule has 0 unspecified atom stereocenters. The van der Waals surface area contributed by atoms with Crippen LogP contribution in [-0.2, 0) is 0 Å². The van der Waals surface area contributed by atoms with Gasteiger partial charge in [-0.25, -0.2) is 0 Å². The van der Waals surface area contributed by atoms with Crippen LogP contribution in [0, 0.1) is 13.8 Å². The van der Waals surface area contributed by atoms with E-state index in [0.717, 1.165) is 24.4 Å². The second kappa shape index (κ2) is 6.00. The van der Waals surface area contributed by atoms with Crippen molar-refractivity contribution in [3.8, 4) is 5.75 Å². The Morgan fingerprint density at radius 1 is 1.31 bits per heavy atom. The first-order chi connectivity index (χ1) is 7.60. The van der Waals surface area contributed by atoms with Crippen molar-refractivity contribution in [2.24, 2.45) is 0 Å². The lowest BCUT2D eigenvalue weighted by molar-refractivity contribution is 0.411. The average molecular weight is 242 g/mol. The van der Waals surface area contributed by atoms with Gasteiger partial charge in [-0.15, -0.1) is 11.6 Å². The minimum Gasteiger partial charge on any atom is -0.494 e. The molecule has 0 aliphatic rings. The maximum atomic E-state index is 5.71. The number of anilines is 1. The van der Waals surface area contributed by atoms with Gasteiger partial charge in [0.05, 0.1) is 12.8 Å². The largest absolute Gasteiger partial charge is 0.494 e. The summed E-state index contributed by atoms with van der Waals surface area (Å²) >= 11 is 5.71. The van der Waals surface area contributed by atoms with Crippen molar-refractivity contribution in [3.05, 3.63) is 23.3 Å². The molecule has 3 heteroatoms. The molecule has 0 saturated heterocycles. The molecular formula is C13H20ClNO. The molecule has 0 amide bonds. The van der Waals surface area contributed by atoms with E-state index in [4.69, 9.17) is 16.3 Å². The van der Waals surface area contributed by atoms with E-state index in [2.05, 4.69) is 37.9 Å². The highest BCUT2D eigenvalue weighted by Gasteiger charge is 2.11. The van der Waals surface area contributed by atoms with Gasteiger partial charge in [0.2, 0.25) is 0 Å². The fraction of sp³-hybridized carbons (Fsp3) is 0.538. The number of ether oxygens (including phenoxy) is 1. The minimum absolute atomic E-state index is 0.692. The highest BCUT2D eigenvalue weighted by Crippen LogP contribution is 2.32. The molecule has 0 aliphatic carbocycles. The number of benzene rings is 1. The van der Waals surface area contributed by atoms with Gasteiger partial charge in [-0.05, 0) is 37.5 Å². The number of methoxy groups -OCH3 is 1. The predicted octanol–water partition coefficient (Wildman–Crippen LogP) is 3.38. The molecule has 0 aliphatic heterocycles. The van der Waals surface area contributed by atoms with Crippen LogP contribution in [0.5, 0.6) is 5.75 Å². The van der Waals surface area contributed by atoms with E-state index in [1.165, 1.54) is 11.1 Å². The second-order valence-corrected chi connectivity index (χ2v) is 4.48. The molecule has 90 valence electrons. The van der Waals surface area contributed by atoms with Gasteiger partial charge in [0.1, 0.15) is 5.75 Å². The first kappa shape index (κ1) is 13.2. The number of halogens is 1. The Hall–Kier alpha value is -0.890. The summed E-state index contributed by atoms with van der Waals surface area (Å²) in [6, 6.07) is 4.29. The number of aryl methyl sites for hydroxylation is 2. The second-order valence-electron chi connectivity index (χ2n) is 4.10. The molecule has 2 nitrogen and oxygen atoms in total. The SMILES string of the molecule is COc1c(C)cc(C)cc1N(C)CCCCl. The van der Waals surface area contributed by atoms with Crippen molar-refractivity contribution in [2.75, 3.05) is 31.5 Å². The van der Waals surface area contributed by atoms with Crippen LogP contribution >= 0.6 is 11.6 Å². The minimum atomic E-state index is 0.692. The van der Waals surface area contributed by atoms with Crippen molar-refractivity contribution in [2.45, 2.75) is 20.3 Å². The maximum Gasteiger partial charge on any atom is 0.145 e. The molecule has 0 heterocycles. The molecule has 1 aromatic carbocycles. The molecule has 16 heavy (non-hydrogen) atoms. The third-order valence-corrected chi connectivity index (χ3v) is 2.91. The van der Waals surface area contributed by atoms with Crippen LogP contribution in [0.4, 0.5) is 5.69 Å². The van der Waals surface area contributed by atoms with E-state index in [0.29, 0.717) is 5.88 Å². The number of nitrogens with zero attached hydrogens (tertiary/aromatic N) is 1. The van der Waals surface area contributed by atoms with Gasteiger partial charge in [-0.2, -0.15) is 0 Å². The van der Waals surface area contributed by atoms with Crippen molar-refractivity contribution in [1.29, 1.82) is 0 Å². The first-order valence-corrected chi connectivity index (χ1v) is 6.06. The molecule has 0 bridgehead atoms. The number of alkyl halides is 1. The highest BCUT2D eigenvalue weighted by atomic mass is 35.5. The highest BCUT2D eigenvalue weighted by molar-refractivity contribution is 6.17. The van der Waals surface area contributed by atoms with E-state index in [1.54, 1.807) is 7.11 Å². The molecule has 0 fully saturated rings. The van der Waals surface area contributed by atoms with Gasteiger partial charge in [0, 0.05) is 19.5 Å². The number of rotatable bonds is 5. The lowest BCUT2D eigenvalue weighted by Gasteiger charge is -2.23. The van der Waals surface area contributed by atoms with Crippen molar-refractivity contribution < 1.29 is 4.74 Å². The van der Waals surface area contributed by atoms with Gasteiger partial charge in [0.15, 0.2) is 0 Å². The van der Waals surface area contributed by atoms with Crippen LogP contribution in [0.15, 0.2) is 12.1 Å². The van der Waals surface area contributed by atoms with Crippen LogP contribution in [-0.4, -0.2) is 26.6 Å². The molecule has 1 rings (SSSR count). The van der Waals surface area contributed by atoms with Gasteiger partial charge in [-0.1, -0.05) is 6.07 Å². The number of hydrogen-bond donors (Lipinski definition) is 0. The van der Waals surface area contributed by atoms with Gasteiger partial charge < -0.3 is 9.64 Å². The fourth-order valence-corrected chi connectivity index (χ4v) is 2.02. The normalized spacial score (nSPS) is 10.3. The lowest BCUT2D eigenvalue weighted by Crippen LogP contribution is -2.20. The van der Waals surface area contributed by atoms with Gasteiger partial charge in [0.25, 0.3) is 0 Å². The van der Waals surface area contributed by atoms with Gasteiger partial charge >= 0.3 is 0 Å². The van der Waals surface area contributed by atoms with E-state index < -0.39 is 0 Å². The molecule has 0 N–H and O–H groups in total. The molecule has 0 atom stereocenters. The van der Waals surface area contributed by atoms with Gasteiger partial charge in [-0.3, -0.25) is 0 Å². The first-order valence-electron chi connectivity index (χ1n) is 5.52. The van der Waals surface area contributed by atoms with E-state index in [1.807, 2.05) is 0 Å². The zero-order valence-electron chi connectivity index (χ0n) is 10.5. The van der Waals surface area contributed by atoms with Crippen LogP contribution in [0.25, 0.3) is 0 Å². The van der Waals surface area contributed by atoms with E-state index >= 15 is 0 Å². The predicted molar refractivity (Wildman–Crippen MR) is 71.1 cm³/mol. The molecular weight excluding hydrogens is 222 g/mol. The molecule has 0 spiro atoms. The zero-order valence-corrected chi connectivity index (χ0v) is 11.3. The van der Waals surface area contributed by atoms with Crippen LogP contribution < -0.4 is 9.64 Å². The topological polar surface area (TPSA) is 12.5 Å². The summed E-state index contributed by atoms with van der Waals surface area (Å²) in [6.45, 7) is 5.12. The Morgan fingerprint density at radius 2 is 2.00 bits per heavy atom. The van der Waals surface area contributed by atoms with Crippen LogP contribution in [0.2, 0.25) is 0 Å². The molecule has 0 radical (unpaired) electrons. The maximum absolute atomic E-state index is 5.71. The molecule has 0 saturated carbocycles. The summed E-state index contributed by atoms with van der Waals surface area (Å²) in [6.07, 6.45) is 0.980. The lowest BCUT2D eigenvalue weighted by atomic mass is 10.1. The van der Waals surface area contributed by atoms with E-state index in [9.17, 15) is 0 Å². The monoisotopic (exact) mass is 241 g/mol. The van der Waals surface area contributed by atoms with Crippen molar-refractivity contribution in [3.63, 3.8) is 0 Å². The standard InChI is InChI=1S/C13H20ClNO/c1-10-8-11(2)13(16-4)12(9-10)15(3)7-5-6-14/h8-9H,5-7H2,1-4H3. The summed E-state index contributed by atoms with van der Waals surface area (Å²) < 4.78 is 5.46. The molecule has 1 aromatic rings. The fourth-order valence-electron chi connectivity index (χ4n) is 1.90. The Kier molecular flexibility index (Phi) is 4.94. The van der Waals surface area contributed by atoms with Crippen molar-refractivity contribution >= 4 is 17.3 Å². The van der Waals surface area contributed by atoms with E-state index in [-0.39, 0.29) is 0 Å². The Balaban J connectivity index is 3.00. The Labute approximate surface area is 103 Å². The Bertz CT molecular complexity index is 352.